The van der Waals surface area contributed by atoms with Gasteiger partial charge < -0.3 is 19.5 Å². The van der Waals surface area contributed by atoms with Gasteiger partial charge in [-0.25, -0.2) is 23.0 Å². The fourth-order valence-electron chi connectivity index (χ4n) is 2.26. The fraction of sp³-hybridized carbons (Fsp3) is 0.438. The summed E-state index contributed by atoms with van der Waals surface area (Å²) in [6, 6.07) is 5.35. The van der Waals surface area contributed by atoms with Crippen molar-refractivity contribution in [2.75, 3.05) is 33.0 Å². The smallest absolute Gasteiger partial charge is 0.426 e. The number of rotatable bonds is 10. The largest absolute Gasteiger partial charge is 0.492 e. The van der Waals surface area contributed by atoms with Crippen LogP contribution in [0.4, 0.5) is 26.7 Å². The van der Waals surface area contributed by atoms with Crippen LogP contribution in [0, 0.1) is 5.82 Å². The van der Waals surface area contributed by atoms with Crippen molar-refractivity contribution in [1.82, 2.24) is 14.9 Å². The van der Waals surface area contributed by atoms with Gasteiger partial charge in [-0.1, -0.05) is 6.07 Å². The van der Waals surface area contributed by atoms with Gasteiger partial charge >= 0.3 is 18.6 Å². The molecule has 0 spiro atoms. The number of hydrogen-bond donors (Lipinski definition) is 1. The lowest BCUT2D eigenvalue weighted by Crippen LogP contribution is -2.46. The number of alkyl halides is 4. The number of hydrogen-bond acceptors (Lipinski definition) is 5. The van der Waals surface area contributed by atoms with Crippen LogP contribution in [-0.4, -0.2) is 71.6 Å². The van der Waals surface area contributed by atoms with Crippen LogP contribution in [-0.2, 0) is 4.74 Å². The lowest BCUT2D eigenvalue weighted by Gasteiger charge is -2.30. The van der Waals surface area contributed by atoms with Gasteiger partial charge in [0.1, 0.15) is 24.8 Å². The molecule has 0 aromatic heterocycles. The van der Waals surface area contributed by atoms with E-state index in [1.54, 1.807) is 0 Å². The predicted octanol–water partition coefficient (Wildman–Crippen LogP) is 3.02. The lowest BCUT2D eigenvalue weighted by atomic mass is 10.3. The first-order chi connectivity index (χ1) is 13.2. The van der Waals surface area contributed by atoms with Crippen LogP contribution >= 0.6 is 0 Å². The Labute approximate surface area is 157 Å². The second-order valence-electron chi connectivity index (χ2n) is 5.61. The molecular weight excluding hydrogens is 393 g/mol. The monoisotopic (exact) mass is 411 g/mol. The van der Waals surface area contributed by atoms with E-state index in [1.807, 2.05) is 0 Å². The Kier molecular flexibility index (Phi) is 7.26. The molecule has 1 aliphatic rings. The summed E-state index contributed by atoms with van der Waals surface area (Å²) in [6.07, 6.45) is -6.98. The first kappa shape index (κ1) is 21.5. The Bertz CT molecular complexity index is 692. The first-order valence-corrected chi connectivity index (χ1v) is 8.07. The van der Waals surface area contributed by atoms with Crippen molar-refractivity contribution in [3.05, 3.63) is 42.5 Å². The van der Waals surface area contributed by atoms with Crippen LogP contribution in [0.15, 0.2) is 36.7 Å². The highest BCUT2D eigenvalue weighted by Gasteiger charge is 2.42. The third-order valence-electron chi connectivity index (χ3n) is 3.60. The van der Waals surface area contributed by atoms with Crippen molar-refractivity contribution in [3.63, 3.8) is 0 Å². The molecule has 0 radical (unpaired) electrons. The molecule has 12 heteroatoms. The second kappa shape index (κ2) is 9.44. The van der Waals surface area contributed by atoms with Gasteiger partial charge in [-0.05, 0) is 12.1 Å². The quantitative estimate of drug-likeness (QED) is 0.598. The molecule has 1 heterocycles. The van der Waals surface area contributed by atoms with Gasteiger partial charge in [0.2, 0.25) is 0 Å². The molecule has 0 atom stereocenters. The summed E-state index contributed by atoms with van der Waals surface area (Å²) in [6.45, 7) is -1.00. The van der Waals surface area contributed by atoms with E-state index in [0.29, 0.717) is 0 Å². The Morgan fingerprint density at radius 2 is 2.04 bits per heavy atom. The van der Waals surface area contributed by atoms with Crippen molar-refractivity contribution in [1.29, 1.82) is 0 Å². The molecule has 1 N–H and O–H groups in total. The van der Waals surface area contributed by atoms with E-state index in [9.17, 15) is 31.9 Å². The molecule has 0 unspecified atom stereocenters. The molecule has 1 aromatic rings. The number of carboxylic acid groups (broad SMARTS) is 1. The lowest BCUT2D eigenvalue weighted by molar-refractivity contribution is -0.300. The maximum absolute atomic E-state index is 13.1. The first-order valence-electron chi connectivity index (χ1n) is 8.07. The molecular formula is C16H18F5N3O4. The minimum absolute atomic E-state index is 0.0180. The summed E-state index contributed by atoms with van der Waals surface area (Å²) in [5.74, 6) is -0.258. The summed E-state index contributed by atoms with van der Waals surface area (Å²) in [4.78, 5) is 12.8. The Balaban J connectivity index is 1.78. The van der Waals surface area contributed by atoms with Gasteiger partial charge in [0, 0.05) is 25.0 Å². The molecule has 1 amide bonds. The maximum Gasteiger partial charge on any atom is 0.426 e. The van der Waals surface area contributed by atoms with Crippen LogP contribution < -0.4 is 4.74 Å². The molecule has 28 heavy (non-hydrogen) atoms. The standard InChI is InChI=1S/C16H18F5N3O4/c17-12-2-1-3-13(10-12)27-8-7-24(15(25)26)23-5-4-22(11-23)6-9-28-16(20,21)14(18)19/h1-5,10,14H,6-9,11H2,(H,25,26). The normalized spacial score (nSPS) is 14.1. The van der Waals surface area contributed by atoms with E-state index in [0.717, 1.165) is 11.1 Å². The summed E-state index contributed by atoms with van der Waals surface area (Å²) in [7, 11) is 0. The topological polar surface area (TPSA) is 65.5 Å². The number of benzene rings is 1. The van der Waals surface area contributed by atoms with Crippen molar-refractivity contribution in [2.45, 2.75) is 12.5 Å². The highest BCUT2D eigenvalue weighted by molar-refractivity contribution is 5.64. The summed E-state index contributed by atoms with van der Waals surface area (Å²) in [5, 5.41) is 11.5. The molecule has 0 aliphatic carbocycles. The third kappa shape index (κ3) is 6.15. The second-order valence-corrected chi connectivity index (χ2v) is 5.61. The van der Waals surface area contributed by atoms with E-state index in [1.165, 1.54) is 40.5 Å². The molecule has 0 fully saturated rings. The van der Waals surface area contributed by atoms with E-state index < -0.39 is 31.1 Å². The van der Waals surface area contributed by atoms with E-state index in [-0.39, 0.29) is 32.1 Å². The zero-order valence-corrected chi connectivity index (χ0v) is 14.5. The molecule has 0 saturated carbocycles. The van der Waals surface area contributed by atoms with E-state index >= 15 is 0 Å². The summed E-state index contributed by atoms with van der Waals surface area (Å²) >= 11 is 0. The number of nitrogens with zero attached hydrogens (tertiary/aromatic N) is 3. The molecule has 156 valence electrons. The van der Waals surface area contributed by atoms with Gasteiger partial charge in [-0.2, -0.15) is 8.78 Å². The van der Waals surface area contributed by atoms with E-state index in [2.05, 4.69) is 4.74 Å². The highest BCUT2D eigenvalue weighted by Crippen LogP contribution is 2.24. The van der Waals surface area contributed by atoms with Gasteiger partial charge in [0.15, 0.2) is 0 Å². The van der Waals surface area contributed by atoms with Gasteiger partial charge in [-0.15, -0.1) is 0 Å². The molecule has 0 bridgehead atoms. The average Bonchev–Trinajstić information content (AvgIpc) is 3.06. The van der Waals surface area contributed by atoms with E-state index in [4.69, 9.17) is 4.74 Å². The summed E-state index contributed by atoms with van der Waals surface area (Å²) < 4.78 is 71.7. The minimum Gasteiger partial charge on any atom is -0.492 e. The van der Waals surface area contributed by atoms with Crippen LogP contribution in [0.25, 0.3) is 0 Å². The zero-order chi connectivity index (χ0) is 20.7. The van der Waals surface area contributed by atoms with Crippen LogP contribution in [0.3, 0.4) is 0 Å². The number of halogens is 5. The number of amides is 1. The average molecular weight is 411 g/mol. The van der Waals surface area contributed by atoms with Gasteiger partial charge in [0.25, 0.3) is 0 Å². The molecule has 7 nitrogen and oxygen atoms in total. The Hall–Kier alpha value is -2.76. The van der Waals surface area contributed by atoms with Crippen molar-refractivity contribution in [2.24, 2.45) is 0 Å². The SMILES string of the molecule is O=C(O)N(CCOc1cccc(F)c1)N1C=CN(CCOC(F)(F)C(F)F)C1. The minimum atomic E-state index is -4.54. The number of ether oxygens (including phenoxy) is 2. The number of hydrazine groups is 1. The highest BCUT2D eigenvalue weighted by atomic mass is 19.3. The Morgan fingerprint density at radius 3 is 2.68 bits per heavy atom. The fourth-order valence-corrected chi connectivity index (χ4v) is 2.26. The van der Waals surface area contributed by atoms with Crippen molar-refractivity contribution in [3.8, 4) is 5.75 Å². The molecule has 0 saturated heterocycles. The summed E-state index contributed by atoms with van der Waals surface area (Å²) in [5.41, 5.74) is 0. The van der Waals surface area contributed by atoms with Crippen LogP contribution in [0.5, 0.6) is 5.75 Å². The van der Waals surface area contributed by atoms with Gasteiger partial charge in [-0.3, -0.25) is 5.01 Å². The Morgan fingerprint density at radius 1 is 1.29 bits per heavy atom. The molecule has 1 aromatic carbocycles. The van der Waals surface area contributed by atoms with Crippen molar-refractivity contribution >= 4 is 6.09 Å². The maximum atomic E-state index is 13.1. The zero-order valence-electron chi connectivity index (χ0n) is 14.5. The van der Waals surface area contributed by atoms with Crippen LogP contribution in [0.2, 0.25) is 0 Å². The number of carbonyl (C=O) groups is 1. The third-order valence-corrected chi connectivity index (χ3v) is 3.60. The molecule has 2 rings (SSSR count). The van der Waals surface area contributed by atoms with Crippen LogP contribution in [0.1, 0.15) is 0 Å². The molecule has 1 aliphatic heterocycles. The van der Waals surface area contributed by atoms with Gasteiger partial charge in [0.05, 0.1) is 13.2 Å². The van der Waals surface area contributed by atoms with Crippen molar-refractivity contribution < 1.29 is 41.3 Å². The predicted molar refractivity (Wildman–Crippen MR) is 86.1 cm³/mol.